The molecule has 17 heavy (non-hydrogen) atoms. The molecule has 1 aromatic rings. The van der Waals surface area contributed by atoms with Crippen LogP contribution in [0, 0.1) is 0 Å². The van der Waals surface area contributed by atoms with Gasteiger partial charge in [-0.15, -0.1) is 0 Å². The van der Waals surface area contributed by atoms with E-state index in [4.69, 9.17) is 0 Å². The van der Waals surface area contributed by atoms with Crippen LogP contribution in [-0.2, 0) is 20.7 Å². The van der Waals surface area contributed by atoms with Gasteiger partial charge >= 0.3 is 109 Å². The first-order chi connectivity index (χ1) is 8.17. The van der Waals surface area contributed by atoms with E-state index in [9.17, 15) is 9.50 Å². The number of hydrogen-bond donors (Lipinski definition) is 1. The van der Waals surface area contributed by atoms with Gasteiger partial charge in [0, 0.05) is 0 Å². The SMILES string of the molecule is COC(=O)[C@H](Cc1cccc(Br)c1)NCB=O. The van der Waals surface area contributed by atoms with Crippen molar-refractivity contribution in [1.29, 1.82) is 0 Å². The van der Waals surface area contributed by atoms with Crippen LogP contribution < -0.4 is 5.32 Å². The van der Waals surface area contributed by atoms with Gasteiger partial charge in [0.25, 0.3) is 0 Å². The van der Waals surface area contributed by atoms with Gasteiger partial charge in [0.1, 0.15) is 0 Å². The average Bonchev–Trinajstić information content (AvgIpc) is 2.33. The van der Waals surface area contributed by atoms with Crippen LogP contribution in [0.2, 0.25) is 0 Å². The summed E-state index contributed by atoms with van der Waals surface area (Å²) in [5, 5.41) is 2.83. The maximum atomic E-state index is 11.5. The van der Waals surface area contributed by atoms with Crippen LogP contribution in [0.4, 0.5) is 0 Å². The van der Waals surface area contributed by atoms with Gasteiger partial charge < -0.3 is 0 Å². The van der Waals surface area contributed by atoms with E-state index < -0.39 is 6.04 Å². The number of benzene rings is 1. The number of methoxy groups -OCH3 is 1. The summed E-state index contributed by atoms with van der Waals surface area (Å²) in [5.41, 5.74) is 0.994. The summed E-state index contributed by atoms with van der Waals surface area (Å²) in [6.07, 6.45) is 0.619. The van der Waals surface area contributed by atoms with Crippen molar-refractivity contribution in [3.63, 3.8) is 0 Å². The van der Waals surface area contributed by atoms with E-state index in [0.717, 1.165) is 17.2 Å². The molecule has 0 radical (unpaired) electrons. The van der Waals surface area contributed by atoms with E-state index in [-0.39, 0.29) is 12.4 Å². The van der Waals surface area contributed by atoms with Gasteiger partial charge in [-0.3, -0.25) is 0 Å². The van der Waals surface area contributed by atoms with Gasteiger partial charge in [-0.2, -0.15) is 0 Å². The number of nitrogens with one attached hydrogen (secondary N) is 1. The Morgan fingerprint density at radius 1 is 1.59 bits per heavy atom. The van der Waals surface area contributed by atoms with E-state index in [1.54, 1.807) is 0 Å². The third kappa shape index (κ3) is 4.79. The van der Waals surface area contributed by atoms with Crippen LogP contribution in [0.5, 0.6) is 0 Å². The number of esters is 1. The van der Waals surface area contributed by atoms with Crippen LogP contribution in [0.3, 0.4) is 0 Å². The summed E-state index contributed by atoms with van der Waals surface area (Å²) in [6.45, 7) is 0. The second-order valence-corrected chi connectivity index (χ2v) is 4.40. The Hall–Kier alpha value is -1.01. The van der Waals surface area contributed by atoms with E-state index in [1.807, 2.05) is 24.3 Å². The quantitative estimate of drug-likeness (QED) is 0.632. The first kappa shape index (κ1) is 14.1. The van der Waals surface area contributed by atoms with Gasteiger partial charge in [-0.25, -0.2) is 0 Å². The molecule has 0 aromatic heterocycles. The van der Waals surface area contributed by atoms with Crippen molar-refractivity contribution in [2.75, 3.05) is 13.6 Å². The van der Waals surface area contributed by atoms with Crippen LogP contribution in [0.15, 0.2) is 28.7 Å². The Labute approximate surface area is 109 Å². The molecule has 0 saturated carbocycles. The van der Waals surface area contributed by atoms with Crippen molar-refractivity contribution in [3.8, 4) is 0 Å². The fraction of sp³-hybridized carbons (Fsp3) is 0.364. The molecule has 0 saturated heterocycles. The molecule has 0 spiro atoms. The van der Waals surface area contributed by atoms with Crippen LogP contribution in [-0.4, -0.2) is 32.7 Å². The third-order valence-corrected chi connectivity index (χ3v) is 2.76. The molecule has 0 aliphatic heterocycles. The summed E-state index contributed by atoms with van der Waals surface area (Å²) in [4.78, 5) is 11.5. The van der Waals surface area contributed by atoms with Crippen molar-refractivity contribution in [3.05, 3.63) is 34.3 Å². The van der Waals surface area contributed by atoms with Gasteiger partial charge in [-0.1, -0.05) is 0 Å². The number of carbonyl (C=O) groups excluding carboxylic acids is 1. The second kappa shape index (κ2) is 7.35. The zero-order chi connectivity index (χ0) is 12.7. The Morgan fingerprint density at radius 2 is 2.35 bits per heavy atom. The van der Waals surface area contributed by atoms with Crippen molar-refractivity contribution < 1.29 is 14.2 Å². The van der Waals surface area contributed by atoms with Crippen molar-refractivity contribution >= 4 is 29.0 Å². The molecule has 1 rings (SSSR count). The summed E-state index contributed by atoms with van der Waals surface area (Å²) in [7, 11) is 2.05. The molecule has 0 aliphatic rings. The summed E-state index contributed by atoms with van der Waals surface area (Å²) >= 11 is 3.37. The molecule has 0 unspecified atom stereocenters. The molecule has 0 fully saturated rings. The van der Waals surface area contributed by atoms with Gasteiger partial charge in [0.2, 0.25) is 0 Å². The molecule has 0 amide bonds. The molecular weight excluding hydrogens is 285 g/mol. The predicted molar refractivity (Wildman–Crippen MR) is 68.1 cm³/mol. The number of halogens is 1. The maximum absolute atomic E-state index is 11.5. The normalized spacial score (nSPS) is 11.6. The van der Waals surface area contributed by atoms with E-state index in [0.29, 0.717) is 6.42 Å². The number of carbonyl (C=O) groups is 1. The third-order valence-electron chi connectivity index (χ3n) is 2.26. The number of rotatable bonds is 6. The molecule has 1 aromatic carbocycles. The first-order valence-electron chi connectivity index (χ1n) is 5.16. The Balaban J connectivity index is 2.71. The molecule has 1 N–H and O–H groups in total. The molecular formula is C11H13BBrNO3. The summed E-state index contributed by atoms with van der Waals surface area (Å²) in [6, 6.07) is 7.16. The molecule has 0 aliphatic carbocycles. The molecule has 0 heterocycles. The average molecular weight is 298 g/mol. The van der Waals surface area contributed by atoms with Crippen LogP contribution in [0.1, 0.15) is 5.56 Å². The van der Waals surface area contributed by atoms with Crippen molar-refractivity contribution in [1.82, 2.24) is 5.32 Å². The molecule has 4 nitrogen and oxygen atoms in total. The Kier molecular flexibility index (Phi) is 6.07. The minimum absolute atomic E-state index is 0.133. The number of ether oxygens (including phenoxy) is 1. The van der Waals surface area contributed by atoms with Crippen LogP contribution in [0.25, 0.3) is 0 Å². The topological polar surface area (TPSA) is 55.4 Å². The second-order valence-electron chi connectivity index (χ2n) is 3.48. The van der Waals surface area contributed by atoms with E-state index >= 15 is 0 Å². The summed E-state index contributed by atoms with van der Waals surface area (Å²) < 4.78 is 15.9. The van der Waals surface area contributed by atoms with Gasteiger partial charge in [0.15, 0.2) is 0 Å². The van der Waals surface area contributed by atoms with Gasteiger partial charge in [-0.05, 0) is 0 Å². The van der Waals surface area contributed by atoms with Crippen molar-refractivity contribution in [2.45, 2.75) is 12.5 Å². The van der Waals surface area contributed by atoms with Crippen molar-refractivity contribution in [2.24, 2.45) is 0 Å². The molecule has 0 bridgehead atoms. The number of hydrogen-bond acceptors (Lipinski definition) is 4. The molecule has 6 heteroatoms. The minimum atomic E-state index is -0.500. The zero-order valence-electron chi connectivity index (χ0n) is 9.48. The summed E-state index contributed by atoms with van der Waals surface area (Å²) in [5.74, 6) is -0.369. The van der Waals surface area contributed by atoms with Gasteiger partial charge in [0.05, 0.1) is 0 Å². The first-order valence-corrected chi connectivity index (χ1v) is 5.96. The molecule has 1 atom stereocenters. The van der Waals surface area contributed by atoms with Crippen LogP contribution >= 0.6 is 15.9 Å². The fourth-order valence-electron chi connectivity index (χ4n) is 1.47. The van der Waals surface area contributed by atoms with E-state index in [2.05, 4.69) is 26.0 Å². The van der Waals surface area contributed by atoms with E-state index in [1.165, 1.54) is 7.11 Å². The Bertz CT molecular complexity index is 400. The monoisotopic (exact) mass is 297 g/mol. The molecule has 90 valence electrons. The standard InChI is InChI=1S/C11H13BBrNO3/c1-17-11(15)10(14-7-12-16)6-8-3-2-4-9(13)5-8/h2-5,10,14H,6-7H2,1H3/t10-/m0/s1. The predicted octanol–water partition coefficient (Wildman–Crippen LogP) is 1.13. The Morgan fingerprint density at radius 3 is 2.94 bits per heavy atom. The zero-order valence-corrected chi connectivity index (χ0v) is 11.1. The fourth-order valence-corrected chi connectivity index (χ4v) is 1.92.